The molecule has 1 amide bonds. The average Bonchev–Trinajstić information content (AvgIpc) is 2.72. The molecule has 4 N–H and O–H groups in total. The summed E-state index contributed by atoms with van der Waals surface area (Å²) in [5, 5.41) is 12.5. The van der Waals surface area contributed by atoms with Crippen LogP contribution in [-0.4, -0.2) is 36.9 Å². The van der Waals surface area contributed by atoms with Crippen molar-refractivity contribution in [2.75, 3.05) is 24.7 Å². The third-order valence-corrected chi connectivity index (χ3v) is 5.87. The van der Waals surface area contributed by atoms with Gasteiger partial charge in [0, 0.05) is 30.3 Å². The van der Waals surface area contributed by atoms with Crippen LogP contribution in [-0.2, 0) is 6.42 Å². The molecule has 5 rings (SSSR count). The molecule has 28 heavy (non-hydrogen) atoms. The number of rotatable bonds is 3. The first-order chi connectivity index (χ1) is 13.7. The van der Waals surface area contributed by atoms with Gasteiger partial charge in [-0.15, -0.1) is 0 Å². The zero-order valence-electron chi connectivity index (χ0n) is 15.5. The van der Waals surface area contributed by atoms with Crippen molar-refractivity contribution in [3.8, 4) is 5.75 Å². The molecule has 0 spiro atoms. The van der Waals surface area contributed by atoms with Gasteiger partial charge < -0.3 is 25.8 Å². The molecule has 2 aromatic rings. The van der Waals surface area contributed by atoms with E-state index in [1.165, 1.54) is 0 Å². The van der Waals surface area contributed by atoms with E-state index < -0.39 is 0 Å². The molecule has 0 radical (unpaired) electrons. The van der Waals surface area contributed by atoms with Crippen LogP contribution >= 0.6 is 0 Å². The van der Waals surface area contributed by atoms with Crippen LogP contribution in [0.3, 0.4) is 0 Å². The summed E-state index contributed by atoms with van der Waals surface area (Å²) in [5.74, 6) is 0.737. The minimum Gasteiger partial charge on any atom is -0.488 e. The number of benzene rings is 2. The zero-order valence-corrected chi connectivity index (χ0v) is 15.5. The molecule has 2 atom stereocenters. The van der Waals surface area contributed by atoms with Crippen LogP contribution in [0.5, 0.6) is 5.75 Å². The molecule has 0 fully saturated rings. The molecule has 0 aliphatic carbocycles. The van der Waals surface area contributed by atoms with Crippen molar-refractivity contribution >= 4 is 17.7 Å². The normalized spacial score (nSPS) is 22.6. The molecular formula is C22H23N3O3. The fraction of sp³-hybridized carbons (Fsp3) is 0.318. The van der Waals surface area contributed by atoms with Crippen LogP contribution < -0.4 is 20.7 Å². The Morgan fingerprint density at radius 2 is 2.11 bits per heavy atom. The maximum Gasteiger partial charge on any atom is 0.255 e. The fourth-order valence-corrected chi connectivity index (χ4v) is 4.50. The number of nitrogens with one attached hydrogen (secondary N) is 1. The Kier molecular flexibility index (Phi) is 4.10. The van der Waals surface area contributed by atoms with Crippen LogP contribution in [0, 0.1) is 0 Å². The maximum absolute atomic E-state index is 12.8. The van der Waals surface area contributed by atoms with E-state index in [1.54, 1.807) is 0 Å². The minimum absolute atomic E-state index is 0.0498. The molecule has 6 nitrogen and oxygen atoms in total. The summed E-state index contributed by atoms with van der Waals surface area (Å²) in [6, 6.07) is 11.6. The first kappa shape index (κ1) is 17.3. The highest BCUT2D eigenvalue weighted by Gasteiger charge is 2.38. The minimum atomic E-state index is -0.260. The number of aliphatic hydroxyl groups is 1. The topological polar surface area (TPSA) is 87.8 Å². The summed E-state index contributed by atoms with van der Waals surface area (Å²) < 4.78 is 6.01. The van der Waals surface area contributed by atoms with Gasteiger partial charge in [-0.25, -0.2) is 0 Å². The molecule has 6 heteroatoms. The van der Waals surface area contributed by atoms with E-state index in [0.717, 1.165) is 46.7 Å². The highest BCUT2D eigenvalue weighted by molar-refractivity contribution is 6.03. The molecular weight excluding hydrogens is 354 g/mol. The smallest absolute Gasteiger partial charge is 0.255 e. The van der Waals surface area contributed by atoms with Crippen molar-refractivity contribution in [3.05, 3.63) is 64.2 Å². The van der Waals surface area contributed by atoms with Crippen LogP contribution in [0.25, 0.3) is 6.08 Å². The Bertz CT molecular complexity index is 985. The number of nitrogens with zero attached hydrogens (tertiary/aromatic N) is 1. The van der Waals surface area contributed by atoms with Gasteiger partial charge in [-0.1, -0.05) is 24.3 Å². The van der Waals surface area contributed by atoms with Crippen LogP contribution in [0.15, 0.2) is 42.0 Å². The summed E-state index contributed by atoms with van der Waals surface area (Å²) in [6.07, 6.45) is 3.25. The maximum atomic E-state index is 12.8. The SMILES string of the molecule is N[C@@H]1CCN2c3c(cccc31)C(=O)N[C@H]2C1=Cc2c(CCO)cccc2OC1. The molecule has 0 bridgehead atoms. The number of carbonyl (C=O) groups excluding carboxylic acids is 1. The molecule has 3 aliphatic rings. The monoisotopic (exact) mass is 377 g/mol. The molecule has 2 aromatic carbocycles. The third-order valence-electron chi connectivity index (χ3n) is 5.87. The van der Waals surface area contributed by atoms with Crippen LogP contribution in [0.1, 0.15) is 39.5 Å². The summed E-state index contributed by atoms with van der Waals surface area (Å²) in [7, 11) is 0. The van der Waals surface area contributed by atoms with Crippen molar-refractivity contribution < 1.29 is 14.6 Å². The van der Waals surface area contributed by atoms with Gasteiger partial charge in [0.15, 0.2) is 0 Å². The molecule has 144 valence electrons. The molecule has 3 heterocycles. The largest absolute Gasteiger partial charge is 0.488 e. The van der Waals surface area contributed by atoms with Gasteiger partial charge >= 0.3 is 0 Å². The standard InChI is InChI=1S/C22H23N3O3/c23-18-7-9-25-20-15(18)4-2-5-16(20)22(27)24-21(25)14-11-17-13(8-10-26)3-1-6-19(17)28-12-14/h1-6,11,18,21,26H,7-10,12,23H2,(H,24,27)/t18-,21-/m1/s1. The number of nitrogens with two attached hydrogens (primary N) is 1. The summed E-state index contributed by atoms with van der Waals surface area (Å²) in [6.45, 7) is 1.28. The number of hydrogen-bond donors (Lipinski definition) is 3. The molecule has 0 saturated carbocycles. The van der Waals surface area contributed by atoms with E-state index in [2.05, 4.69) is 16.3 Å². The van der Waals surface area contributed by atoms with E-state index in [0.29, 0.717) is 18.6 Å². The summed E-state index contributed by atoms with van der Waals surface area (Å²) in [5.41, 5.74) is 12.0. The van der Waals surface area contributed by atoms with Gasteiger partial charge in [0.05, 0.1) is 11.3 Å². The second kappa shape index (κ2) is 6.65. The van der Waals surface area contributed by atoms with Crippen LogP contribution in [0.4, 0.5) is 5.69 Å². The van der Waals surface area contributed by atoms with E-state index in [1.807, 2.05) is 36.4 Å². The lowest BCUT2D eigenvalue weighted by Gasteiger charge is -2.45. The quantitative estimate of drug-likeness (QED) is 0.761. The number of carbonyl (C=O) groups is 1. The summed E-state index contributed by atoms with van der Waals surface area (Å²) >= 11 is 0. The Morgan fingerprint density at radius 3 is 2.96 bits per heavy atom. The first-order valence-electron chi connectivity index (χ1n) is 9.69. The van der Waals surface area contributed by atoms with Crippen molar-refractivity contribution in [3.63, 3.8) is 0 Å². The highest BCUT2D eigenvalue weighted by Crippen LogP contribution is 2.41. The Balaban J connectivity index is 1.59. The second-order valence-corrected chi connectivity index (χ2v) is 7.52. The van der Waals surface area contributed by atoms with Gasteiger partial charge in [-0.05, 0) is 42.2 Å². The Hall–Kier alpha value is -2.83. The number of para-hydroxylation sites is 1. The van der Waals surface area contributed by atoms with Gasteiger partial charge in [-0.2, -0.15) is 0 Å². The highest BCUT2D eigenvalue weighted by atomic mass is 16.5. The third kappa shape index (κ3) is 2.60. The molecule has 3 aliphatic heterocycles. The molecule has 0 aromatic heterocycles. The van der Waals surface area contributed by atoms with Gasteiger partial charge in [-0.3, -0.25) is 4.79 Å². The van der Waals surface area contributed by atoms with Crippen molar-refractivity contribution in [2.24, 2.45) is 5.73 Å². The van der Waals surface area contributed by atoms with E-state index in [9.17, 15) is 9.90 Å². The van der Waals surface area contributed by atoms with Crippen LogP contribution in [0.2, 0.25) is 0 Å². The number of hydrogen-bond acceptors (Lipinski definition) is 5. The number of aliphatic hydroxyl groups excluding tert-OH is 1. The van der Waals surface area contributed by atoms with E-state index in [4.69, 9.17) is 10.5 Å². The molecule has 0 saturated heterocycles. The zero-order chi connectivity index (χ0) is 19.3. The number of amides is 1. The lowest BCUT2D eigenvalue weighted by molar-refractivity contribution is 0.0930. The van der Waals surface area contributed by atoms with E-state index >= 15 is 0 Å². The predicted molar refractivity (Wildman–Crippen MR) is 107 cm³/mol. The summed E-state index contributed by atoms with van der Waals surface area (Å²) in [4.78, 5) is 15.1. The molecule has 0 unspecified atom stereocenters. The Morgan fingerprint density at radius 1 is 1.25 bits per heavy atom. The van der Waals surface area contributed by atoms with Crippen molar-refractivity contribution in [1.29, 1.82) is 0 Å². The lowest BCUT2D eigenvalue weighted by Crippen LogP contribution is -2.57. The van der Waals surface area contributed by atoms with Crippen molar-refractivity contribution in [1.82, 2.24) is 5.32 Å². The van der Waals surface area contributed by atoms with E-state index in [-0.39, 0.29) is 24.7 Å². The number of ether oxygens (including phenoxy) is 1. The number of anilines is 1. The lowest BCUT2D eigenvalue weighted by atomic mass is 9.89. The Labute approximate surface area is 163 Å². The fourth-order valence-electron chi connectivity index (χ4n) is 4.50. The predicted octanol–water partition coefficient (Wildman–Crippen LogP) is 1.98. The van der Waals surface area contributed by atoms with Gasteiger partial charge in [0.1, 0.15) is 18.5 Å². The number of fused-ring (bicyclic) bond motifs is 1. The van der Waals surface area contributed by atoms with Crippen molar-refractivity contribution in [2.45, 2.75) is 25.0 Å². The second-order valence-electron chi connectivity index (χ2n) is 7.52. The van der Waals surface area contributed by atoms with Gasteiger partial charge in [0.2, 0.25) is 0 Å². The average molecular weight is 377 g/mol. The van der Waals surface area contributed by atoms with Gasteiger partial charge in [0.25, 0.3) is 5.91 Å². The first-order valence-corrected chi connectivity index (χ1v) is 9.69.